The molecule has 7 heavy (non-hydrogen) atoms. The van der Waals surface area contributed by atoms with Gasteiger partial charge in [-0.2, -0.15) is 4.79 Å². The third kappa shape index (κ3) is 2.62. The Balaban J connectivity index is 3.58. The van der Waals surface area contributed by atoms with Crippen molar-refractivity contribution in [2.24, 2.45) is 5.84 Å². The molecule has 0 atom stereocenters. The standard InChI is InChI=1S/C2H4N4O/c3-5-1-2(7)6-4/h1H,4H2,(H,6,7). The minimum absolute atomic E-state index is 0.637. The van der Waals surface area contributed by atoms with E-state index < -0.39 is 5.91 Å². The monoisotopic (exact) mass is 100 g/mol. The van der Waals surface area contributed by atoms with Crippen LogP contribution in [0.15, 0.2) is 0 Å². The average Bonchev–Trinajstić information content (AvgIpc) is 1.68. The van der Waals surface area contributed by atoms with Crippen molar-refractivity contribution < 1.29 is 9.58 Å². The number of amides is 1. The fraction of sp³-hybridized carbons (Fsp3) is 0. The molecule has 1 amide bonds. The number of nitrogens with two attached hydrogens (primary N) is 1. The van der Waals surface area contributed by atoms with Crippen LogP contribution >= 0.6 is 0 Å². The maximum atomic E-state index is 9.87. The van der Waals surface area contributed by atoms with Gasteiger partial charge in [-0.25, -0.2) is 5.84 Å². The maximum Gasteiger partial charge on any atom is 0.345 e. The molecule has 0 spiro atoms. The number of hydrazine groups is 1. The van der Waals surface area contributed by atoms with Crippen molar-refractivity contribution in [1.29, 1.82) is 0 Å². The molecule has 38 valence electrons. The van der Waals surface area contributed by atoms with Crippen LogP contribution in [0.25, 0.3) is 5.53 Å². The van der Waals surface area contributed by atoms with Gasteiger partial charge in [0.15, 0.2) is 0 Å². The lowest BCUT2D eigenvalue weighted by Gasteiger charge is -1.77. The highest BCUT2D eigenvalue weighted by Gasteiger charge is 1.92. The van der Waals surface area contributed by atoms with Gasteiger partial charge in [-0.05, 0) is 0 Å². The molecule has 0 saturated heterocycles. The zero-order valence-electron chi connectivity index (χ0n) is 3.46. The van der Waals surface area contributed by atoms with E-state index >= 15 is 0 Å². The molecule has 0 aromatic carbocycles. The minimum Gasteiger partial charge on any atom is -0.361 e. The Hall–Kier alpha value is -1.19. The summed E-state index contributed by atoms with van der Waals surface area (Å²) in [5, 5.41) is 0. The van der Waals surface area contributed by atoms with Crippen LogP contribution in [0.5, 0.6) is 0 Å². The van der Waals surface area contributed by atoms with Crippen LogP contribution in [0, 0.1) is 0 Å². The van der Waals surface area contributed by atoms with Crippen LogP contribution in [-0.4, -0.2) is 16.9 Å². The predicted molar refractivity (Wildman–Crippen MR) is 22.0 cm³/mol. The molecule has 0 rings (SSSR count). The summed E-state index contributed by atoms with van der Waals surface area (Å²) in [6.45, 7) is 0. The van der Waals surface area contributed by atoms with Crippen LogP contribution in [0.4, 0.5) is 0 Å². The highest BCUT2D eigenvalue weighted by atomic mass is 16.2. The summed E-state index contributed by atoms with van der Waals surface area (Å²) in [5.41, 5.74) is 9.34. The number of rotatable bonds is 1. The number of nitrogens with zero attached hydrogens (tertiary/aromatic N) is 2. The second-order valence-electron chi connectivity index (χ2n) is 0.753. The first-order valence-electron chi connectivity index (χ1n) is 1.49. The first-order chi connectivity index (χ1) is 3.31. The summed E-state index contributed by atoms with van der Waals surface area (Å²) in [6, 6.07) is 0. The summed E-state index contributed by atoms with van der Waals surface area (Å²) in [5.74, 6) is 3.92. The van der Waals surface area contributed by atoms with Gasteiger partial charge >= 0.3 is 12.1 Å². The number of hydrogen-bond donors (Lipinski definition) is 2. The van der Waals surface area contributed by atoms with Crippen molar-refractivity contribution >= 4 is 12.1 Å². The van der Waals surface area contributed by atoms with Crippen LogP contribution in [0.2, 0.25) is 0 Å². The van der Waals surface area contributed by atoms with E-state index in [0.717, 1.165) is 0 Å². The molecule has 0 aliphatic heterocycles. The van der Waals surface area contributed by atoms with Crippen LogP contribution in [0.3, 0.4) is 0 Å². The molecule has 5 nitrogen and oxygen atoms in total. The Bertz CT molecular complexity index is 113. The Morgan fingerprint density at radius 2 is 2.57 bits per heavy atom. The van der Waals surface area contributed by atoms with Gasteiger partial charge in [-0.3, -0.25) is 10.2 Å². The Morgan fingerprint density at radius 3 is 2.71 bits per heavy atom. The first kappa shape index (κ1) is 5.81. The lowest BCUT2D eigenvalue weighted by Crippen LogP contribution is -2.30. The van der Waals surface area contributed by atoms with E-state index in [-0.39, 0.29) is 0 Å². The molecule has 0 aromatic rings. The fourth-order valence-corrected chi connectivity index (χ4v) is 0.0897. The largest absolute Gasteiger partial charge is 0.361 e. The highest BCUT2D eigenvalue weighted by molar-refractivity contribution is 6.23. The molecule has 0 heterocycles. The molecule has 0 bridgehead atoms. The summed E-state index contributed by atoms with van der Waals surface area (Å²) in [4.78, 5) is 12.3. The molecule has 0 aliphatic carbocycles. The van der Waals surface area contributed by atoms with Crippen molar-refractivity contribution in [1.82, 2.24) is 5.43 Å². The Labute approximate surface area is 39.7 Å². The molecule has 3 N–H and O–H groups in total. The summed E-state index contributed by atoms with van der Waals surface area (Å²) >= 11 is 0. The zero-order valence-corrected chi connectivity index (χ0v) is 3.46. The smallest absolute Gasteiger partial charge is 0.345 e. The van der Waals surface area contributed by atoms with E-state index in [1.807, 2.05) is 0 Å². The summed E-state index contributed by atoms with van der Waals surface area (Å²) < 4.78 is 0. The highest BCUT2D eigenvalue weighted by Crippen LogP contribution is 1.41. The van der Waals surface area contributed by atoms with Crippen LogP contribution < -0.4 is 11.3 Å². The van der Waals surface area contributed by atoms with Crippen molar-refractivity contribution in [3.8, 4) is 0 Å². The van der Waals surface area contributed by atoms with E-state index in [2.05, 4.69) is 10.6 Å². The Morgan fingerprint density at radius 1 is 2.00 bits per heavy atom. The van der Waals surface area contributed by atoms with Gasteiger partial charge in [0.25, 0.3) is 0 Å². The summed E-state index contributed by atoms with van der Waals surface area (Å²) in [6.07, 6.45) is 0.653. The maximum absolute atomic E-state index is 9.87. The fourth-order valence-electron chi connectivity index (χ4n) is 0.0897. The molecule has 0 aromatic heterocycles. The number of carbonyl (C=O) groups is 1. The molecular formula is C2H4N4O. The Kier molecular flexibility index (Phi) is 2.50. The van der Waals surface area contributed by atoms with Gasteiger partial charge in [-0.1, -0.05) is 0 Å². The van der Waals surface area contributed by atoms with Gasteiger partial charge in [0.2, 0.25) is 0 Å². The van der Waals surface area contributed by atoms with E-state index in [1.165, 1.54) is 0 Å². The number of nitrogens with one attached hydrogen (secondary N) is 1. The SMILES string of the molecule is [N-]=[N+]=CC(=O)NN. The number of hydrogen-bond acceptors (Lipinski definition) is 2. The molecule has 0 radical (unpaired) electrons. The molecule has 5 heteroatoms. The topological polar surface area (TPSA) is 91.5 Å². The molecule has 0 aliphatic rings. The number of carbonyl (C=O) groups excluding carboxylic acids is 1. The van der Waals surface area contributed by atoms with Gasteiger partial charge in [0.05, 0.1) is 0 Å². The third-order valence-corrected chi connectivity index (χ3v) is 0.317. The molecule has 0 saturated carbocycles. The van der Waals surface area contributed by atoms with Gasteiger partial charge in [0.1, 0.15) is 0 Å². The van der Waals surface area contributed by atoms with E-state index in [1.54, 1.807) is 5.43 Å². The van der Waals surface area contributed by atoms with Crippen molar-refractivity contribution in [2.45, 2.75) is 0 Å². The van der Waals surface area contributed by atoms with E-state index in [0.29, 0.717) is 6.21 Å². The average molecular weight is 100 g/mol. The summed E-state index contributed by atoms with van der Waals surface area (Å²) in [7, 11) is 0. The molecule has 0 unspecified atom stereocenters. The van der Waals surface area contributed by atoms with Gasteiger partial charge < -0.3 is 5.53 Å². The van der Waals surface area contributed by atoms with Crippen LogP contribution in [-0.2, 0) is 4.79 Å². The van der Waals surface area contributed by atoms with E-state index in [9.17, 15) is 4.79 Å². The first-order valence-corrected chi connectivity index (χ1v) is 1.49. The minimum atomic E-state index is -0.637. The zero-order chi connectivity index (χ0) is 5.70. The normalized spacial score (nSPS) is 6.43. The third-order valence-electron chi connectivity index (χ3n) is 0.317. The van der Waals surface area contributed by atoms with Crippen molar-refractivity contribution in [3.63, 3.8) is 0 Å². The second kappa shape index (κ2) is 3.02. The lowest BCUT2D eigenvalue weighted by molar-refractivity contribution is -0.118. The van der Waals surface area contributed by atoms with Crippen molar-refractivity contribution in [3.05, 3.63) is 5.53 Å². The second-order valence-corrected chi connectivity index (χ2v) is 0.753. The van der Waals surface area contributed by atoms with Crippen molar-refractivity contribution in [2.75, 3.05) is 0 Å². The molecular weight excluding hydrogens is 96.0 g/mol. The predicted octanol–water partition coefficient (Wildman–Crippen LogP) is -1.72. The molecule has 0 fully saturated rings. The van der Waals surface area contributed by atoms with Gasteiger partial charge in [0, 0.05) is 0 Å². The quantitative estimate of drug-likeness (QED) is 0.102. The lowest BCUT2D eigenvalue weighted by atomic mass is 10.7. The van der Waals surface area contributed by atoms with Crippen LogP contribution in [0.1, 0.15) is 0 Å². The van der Waals surface area contributed by atoms with E-state index in [4.69, 9.17) is 5.53 Å². The van der Waals surface area contributed by atoms with Gasteiger partial charge in [-0.15, -0.1) is 0 Å².